The summed E-state index contributed by atoms with van der Waals surface area (Å²) >= 11 is 0. The smallest absolute Gasteiger partial charge is 0.311 e. The first-order chi connectivity index (χ1) is 9.04. The van der Waals surface area contributed by atoms with Crippen molar-refractivity contribution < 1.29 is 9.59 Å². The second-order valence-corrected chi connectivity index (χ2v) is 4.62. The maximum absolute atomic E-state index is 12.4. The molecule has 2 rings (SSSR count). The molecule has 1 aromatic heterocycles. The van der Waals surface area contributed by atoms with Gasteiger partial charge in [-0.2, -0.15) is 0 Å². The number of anilines is 1. The minimum absolute atomic E-state index is 0.0712. The van der Waals surface area contributed by atoms with E-state index in [9.17, 15) is 14.4 Å². The normalized spacial score (nSPS) is 17.3. The highest BCUT2D eigenvalue weighted by Crippen LogP contribution is 2.14. The molecule has 102 valence electrons. The molecule has 0 bridgehead atoms. The van der Waals surface area contributed by atoms with Crippen molar-refractivity contribution in [3.05, 3.63) is 28.7 Å². The van der Waals surface area contributed by atoms with E-state index in [-0.39, 0.29) is 30.5 Å². The van der Waals surface area contributed by atoms with E-state index in [0.717, 1.165) is 6.42 Å². The number of urea groups is 1. The van der Waals surface area contributed by atoms with Crippen molar-refractivity contribution in [2.75, 3.05) is 11.4 Å². The SMILES string of the molecule is CCC(C)n1cccc(N2CCC(=O)NC2=O)c1=O. The number of nitrogens with one attached hydrogen (secondary N) is 1. The number of aromatic nitrogens is 1. The molecule has 1 saturated heterocycles. The number of hydrogen-bond donors (Lipinski definition) is 1. The first-order valence-corrected chi connectivity index (χ1v) is 6.37. The minimum atomic E-state index is -0.532. The molecule has 3 amide bonds. The van der Waals surface area contributed by atoms with Gasteiger partial charge in [0, 0.05) is 25.2 Å². The molecule has 1 fully saturated rings. The fourth-order valence-electron chi connectivity index (χ4n) is 2.04. The lowest BCUT2D eigenvalue weighted by atomic mass is 10.2. The number of carbonyl (C=O) groups excluding carboxylic acids is 2. The average Bonchev–Trinajstić information content (AvgIpc) is 2.39. The van der Waals surface area contributed by atoms with Gasteiger partial charge in [-0.05, 0) is 25.5 Å². The minimum Gasteiger partial charge on any atom is -0.311 e. The number of carbonyl (C=O) groups is 2. The molecule has 0 radical (unpaired) electrons. The van der Waals surface area contributed by atoms with Crippen LogP contribution in [0.25, 0.3) is 0 Å². The van der Waals surface area contributed by atoms with Crippen LogP contribution in [0.15, 0.2) is 23.1 Å². The zero-order valence-corrected chi connectivity index (χ0v) is 11.0. The van der Waals surface area contributed by atoms with Crippen molar-refractivity contribution >= 4 is 17.6 Å². The van der Waals surface area contributed by atoms with Gasteiger partial charge in [0.05, 0.1) is 0 Å². The number of imide groups is 1. The summed E-state index contributed by atoms with van der Waals surface area (Å²) in [5.74, 6) is -0.306. The van der Waals surface area contributed by atoms with Gasteiger partial charge in [0.15, 0.2) is 0 Å². The number of hydrogen-bond acceptors (Lipinski definition) is 3. The van der Waals surface area contributed by atoms with Crippen LogP contribution < -0.4 is 15.8 Å². The van der Waals surface area contributed by atoms with Crippen molar-refractivity contribution in [1.29, 1.82) is 0 Å². The van der Waals surface area contributed by atoms with Crippen molar-refractivity contribution in [3.63, 3.8) is 0 Å². The average molecular weight is 263 g/mol. The summed E-state index contributed by atoms with van der Waals surface area (Å²) in [7, 11) is 0. The lowest BCUT2D eigenvalue weighted by Crippen LogP contribution is -2.51. The third-order valence-electron chi connectivity index (χ3n) is 3.36. The van der Waals surface area contributed by atoms with E-state index >= 15 is 0 Å². The second kappa shape index (κ2) is 5.26. The first-order valence-electron chi connectivity index (χ1n) is 6.37. The lowest BCUT2D eigenvalue weighted by molar-refractivity contribution is -0.120. The molecule has 1 aliphatic rings. The molecule has 2 heterocycles. The summed E-state index contributed by atoms with van der Waals surface area (Å²) in [6.45, 7) is 4.19. The Morgan fingerprint density at radius 1 is 1.37 bits per heavy atom. The summed E-state index contributed by atoms with van der Waals surface area (Å²) in [6.07, 6.45) is 2.75. The topological polar surface area (TPSA) is 71.4 Å². The number of pyridine rings is 1. The standard InChI is InChI=1S/C13H17N3O3/c1-3-9(2)15-7-4-5-10(12(15)18)16-8-6-11(17)14-13(16)19/h4-5,7,9H,3,6,8H2,1-2H3,(H,14,17,19). The Hall–Kier alpha value is -2.11. The van der Waals surface area contributed by atoms with E-state index in [4.69, 9.17) is 0 Å². The van der Waals surface area contributed by atoms with Crippen LogP contribution in [0.1, 0.15) is 32.7 Å². The van der Waals surface area contributed by atoms with Gasteiger partial charge in [0.25, 0.3) is 5.56 Å². The maximum Gasteiger partial charge on any atom is 0.328 e. The van der Waals surface area contributed by atoms with Crippen LogP contribution in [0.3, 0.4) is 0 Å². The Labute approximate surface area is 111 Å². The van der Waals surface area contributed by atoms with Gasteiger partial charge in [-0.25, -0.2) is 4.79 Å². The Bertz CT molecular complexity index is 564. The highest BCUT2D eigenvalue weighted by atomic mass is 16.2. The number of amides is 3. The van der Waals surface area contributed by atoms with Gasteiger partial charge < -0.3 is 4.57 Å². The largest absolute Gasteiger partial charge is 0.328 e. The molecule has 0 spiro atoms. The third kappa shape index (κ3) is 2.52. The fourth-order valence-corrected chi connectivity index (χ4v) is 2.04. The van der Waals surface area contributed by atoms with Gasteiger partial charge in [-0.3, -0.25) is 19.8 Å². The molecule has 1 unspecified atom stereocenters. The Kier molecular flexibility index (Phi) is 3.69. The molecule has 6 heteroatoms. The number of nitrogens with zero attached hydrogens (tertiary/aromatic N) is 2. The van der Waals surface area contributed by atoms with E-state index in [1.54, 1.807) is 22.9 Å². The van der Waals surface area contributed by atoms with Crippen LogP contribution in [0.4, 0.5) is 10.5 Å². The summed E-state index contributed by atoms with van der Waals surface area (Å²) in [5.41, 5.74) is 0.106. The highest BCUT2D eigenvalue weighted by molar-refractivity contribution is 6.05. The van der Waals surface area contributed by atoms with Gasteiger partial charge in [0.2, 0.25) is 5.91 Å². The van der Waals surface area contributed by atoms with Gasteiger partial charge >= 0.3 is 6.03 Å². The van der Waals surface area contributed by atoms with Gasteiger partial charge in [-0.1, -0.05) is 6.92 Å². The predicted octanol–water partition coefficient (Wildman–Crippen LogP) is 1.27. The Morgan fingerprint density at radius 2 is 2.11 bits per heavy atom. The van der Waals surface area contributed by atoms with Crippen LogP contribution in [0.5, 0.6) is 0 Å². The summed E-state index contributed by atoms with van der Waals surface area (Å²) in [4.78, 5) is 36.5. The molecule has 19 heavy (non-hydrogen) atoms. The molecule has 0 aliphatic carbocycles. The lowest BCUT2D eigenvalue weighted by Gasteiger charge is -2.26. The zero-order valence-electron chi connectivity index (χ0n) is 11.0. The second-order valence-electron chi connectivity index (χ2n) is 4.62. The van der Waals surface area contributed by atoms with Gasteiger partial charge in [0.1, 0.15) is 5.69 Å². The van der Waals surface area contributed by atoms with Crippen molar-refractivity contribution in [1.82, 2.24) is 9.88 Å². The molecular weight excluding hydrogens is 246 g/mol. The van der Waals surface area contributed by atoms with E-state index < -0.39 is 6.03 Å². The molecule has 0 aromatic carbocycles. The fraction of sp³-hybridized carbons (Fsp3) is 0.462. The number of rotatable bonds is 3. The molecule has 1 aromatic rings. The molecular formula is C13H17N3O3. The quantitative estimate of drug-likeness (QED) is 0.892. The van der Waals surface area contributed by atoms with Crippen LogP contribution in [0.2, 0.25) is 0 Å². The predicted molar refractivity (Wildman–Crippen MR) is 71.2 cm³/mol. The zero-order chi connectivity index (χ0) is 14.0. The third-order valence-corrected chi connectivity index (χ3v) is 3.36. The van der Waals surface area contributed by atoms with Crippen molar-refractivity contribution in [2.24, 2.45) is 0 Å². The van der Waals surface area contributed by atoms with Crippen LogP contribution >= 0.6 is 0 Å². The van der Waals surface area contributed by atoms with E-state index in [2.05, 4.69) is 5.32 Å². The molecule has 0 saturated carbocycles. The Morgan fingerprint density at radius 3 is 2.74 bits per heavy atom. The molecule has 1 atom stereocenters. The van der Waals surface area contributed by atoms with Crippen LogP contribution in [-0.2, 0) is 4.79 Å². The van der Waals surface area contributed by atoms with Crippen molar-refractivity contribution in [3.8, 4) is 0 Å². The first kappa shape index (κ1) is 13.3. The molecule has 1 N–H and O–H groups in total. The van der Waals surface area contributed by atoms with E-state index in [1.807, 2.05) is 13.8 Å². The van der Waals surface area contributed by atoms with E-state index in [0.29, 0.717) is 5.69 Å². The Balaban J connectivity index is 2.38. The summed E-state index contributed by atoms with van der Waals surface area (Å²) in [6, 6.07) is 2.89. The van der Waals surface area contributed by atoms with Crippen LogP contribution in [-0.4, -0.2) is 23.1 Å². The van der Waals surface area contributed by atoms with Crippen LogP contribution in [0, 0.1) is 0 Å². The van der Waals surface area contributed by atoms with Gasteiger partial charge in [-0.15, -0.1) is 0 Å². The summed E-state index contributed by atoms with van der Waals surface area (Å²) in [5, 5.41) is 2.22. The summed E-state index contributed by atoms with van der Waals surface area (Å²) < 4.78 is 1.61. The van der Waals surface area contributed by atoms with E-state index in [1.165, 1.54) is 4.90 Å². The van der Waals surface area contributed by atoms with Crippen molar-refractivity contribution in [2.45, 2.75) is 32.7 Å². The monoisotopic (exact) mass is 263 g/mol. The highest BCUT2D eigenvalue weighted by Gasteiger charge is 2.26. The molecule has 1 aliphatic heterocycles. The maximum atomic E-state index is 12.4. The molecule has 6 nitrogen and oxygen atoms in total.